The first-order valence-electron chi connectivity index (χ1n) is 14.3. The summed E-state index contributed by atoms with van der Waals surface area (Å²) in [4.78, 5) is 66.9. The van der Waals surface area contributed by atoms with Gasteiger partial charge in [0.2, 0.25) is 5.91 Å². The van der Waals surface area contributed by atoms with Crippen molar-refractivity contribution >= 4 is 41.2 Å². The number of carboxylic acids is 1. The van der Waals surface area contributed by atoms with Gasteiger partial charge in [0, 0.05) is 18.3 Å². The fourth-order valence-electron chi connectivity index (χ4n) is 5.17. The van der Waals surface area contributed by atoms with Crippen LogP contribution in [0.5, 0.6) is 5.75 Å². The molecule has 1 heterocycles. The van der Waals surface area contributed by atoms with E-state index in [1.165, 1.54) is 12.0 Å². The Morgan fingerprint density at radius 2 is 1.74 bits per heavy atom. The lowest BCUT2D eigenvalue weighted by Crippen LogP contribution is -2.52. The molecule has 1 aliphatic heterocycles. The number of aryl methyl sites for hydroxylation is 1. The molecule has 0 aromatic heterocycles. The van der Waals surface area contributed by atoms with E-state index in [0.717, 1.165) is 23.3 Å². The van der Waals surface area contributed by atoms with Gasteiger partial charge in [0.1, 0.15) is 17.3 Å². The molecule has 2 aromatic rings. The van der Waals surface area contributed by atoms with Crippen LogP contribution in [0.25, 0.3) is 0 Å². The summed E-state index contributed by atoms with van der Waals surface area (Å²) in [6, 6.07) is 9.70. The van der Waals surface area contributed by atoms with Gasteiger partial charge in [-0.2, -0.15) is 0 Å². The molecule has 2 atom stereocenters. The number of methoxy groups -OCH3 is 1. The van der Waals surface area contributed by atoms with E-state index in [-0.39, 0.29) is 18.9 Å². The van der Waals surface area contributed by atoms with Crippen molar-refractivity contribution in [1.29, 1.82) is 0 Å². The fraction of sp³-hybridized carbons (Fsp3) is 0.452. The largest absolute Gasteiger partial charge is 0.495 e. The molecule has 1 saturated heterocycles. The molecule has 2 aliphatic rings. The Morgan fingerprint density at radius 1 is 1.07 bits per heavy atom. The lowest BCUT2D eigenvalue weighted by atomic mass is 10.0. The van der Waals surface area contributed by atoms with Gasteiger partial charge in [-0.25, -0.2) is 14.5 Å². The zero-order chi connectivity index (χ0) is 31.5. The number of aliphatic carboxylic acids is 1. The first kappa shape index (κ1) is 31.3. The van der Waals surface area contributed by atoms with Gasteiger partial charge < -0.3 is 30.7 Å². The maximum absolute atomic E-state index is 13.8. The second-order valence-corrected chi connectivity index (χ2v) is 11.7. The second-order valence-electron chi connectivity index (χ2n) is 11.7. The first-order valence-corrected chi connectivity index (χ1v) is 14.3. The highest BCUT2D eigenvalue weighted by atomic mass is 16.5. The molecule has 2 unspecified atom stereocenters. The van der Waals surface area contributed by atoms with E-state index in [0.29, 0.717) is 29.1 Å². The molecule has 6 amide bonds. The van der Waals surface area contributed by atoms with Gasteiger partial charge in [0.25, 0.3) is 5.91 Å². The lowest BCUT2D eigenvalue weighted by molar-refractivity contribution is -0.140. The van der Waals surface area contributed by atoms with E-state index in [4.69, 9.17) is 9.84 Å². The van der Waals surface area contributed by atoms with Crippen LogP contribution in [0.15, 0.2) is 42.5 Å². The van der Waals surface area contributed by atoms with Crippen molar-refractivity contribution in [2.45, 2.75) is 77.5 Å². The lowest BCUT2D eigenvalue weighted by Gasteiger charge is -2.28. The fourth-order valence-corrected chi connectivity index (χ4v) is 5.17. The standard InChI is InChI=1S/C31H39N5O7/c1-18-8-6-7-9-22(18)33-29(41)34-23-13-12-21(16-25(23)43-5)17-35-30(42)36(28(40)31(35,3)4)24(15-20-10-11-20)27(39)32-19(2)14-26(37)38/h6-9,12-13,16,19-20,24H,10-11,14-15,17H2,1-5H3,(H,32,39)(H,37,38)(H2,33,34,41). The van der Waals surface area contributed by atoms with Gasteiger partial charge in [0.05, 0.1) is 19.2 Å². The van der Waals surface area contributed by atoms with Gasteiger partial charge in [-0.3, -0.25) is 14.4 Å². The third kappa shape index (κ3) is 7.25. The highest BCUT2D eigenvalue weighted by Crippen LogP contribution is 2.38. The van der Waals surface area contributed by atoms with Crippen LogP contribution in [0.4, 0.5) is 21.0 Å². The monoisotopic (exact) mass is 593 g/mol. The molecule has 0 radical (unpaired) electrons. The average molecular weight is 594 g/mol. The predicted octanol–water partition coefficient (Wildman–Crippen LogP) is 4.34. The molecule has 2 fully saturated rings. The van der Waals surface area contributed by atoms with E-state index < -0.39 is 47.5 Å². The maximum Gasteiger partial charge on any atom is 0.328 e. The number of carboxylic acid groups (broad SMARTS) is 1. The number of urea groups is 2. The molecular formula is C31H39N5O7. The summed E-state index contributed by atoms with van der Waals surface area (Å²) >= 11 is 0. The molecule has 1 aliphatic carbocycles. The number of benzene rings is 2. The molecule has 2 aromatic carbocycles. The molecule has 12 nitrogen and oxygen atoms in total. The van der Waals surface area contributed by atoms with Crippen LogP contribution in [0.1, 0.15) is 57.6 Å². The first-order chi connectivity index (χ1) is 20.3. The number of amides is 6. The van der Waals surface area contributed by atoms with E-state index in [1.54, 1.807) is 45.0 Å². The normalized spacial score (nSPS) is 17.3. The molecule has 4 N–H and O–H groups in total. The number of para-hydroxylation sites is 1. The number of ether oxygens (including phenoxy) is 1. The number of nitrogens with zero attached hydrogens (tertiary/aromatic N) is 2. The predicted molar refractivity (Wildman–Crippen MR) is 160 cm³/mol. The van der Waals surface area contributed by atoms with E-state index >= 15 is 0 Å². The minimum absolute atomic E-state index is 0.0489. The van der Waals surface area contributed by atoms with Crippen molar-refractivity contribution in [2.24, 2.45) is 5.92 Å². The summed E-state index contributed by atoms with van der Waals surface area (Å²) in [5, 5.41) is 17.3. The van der Waals surface area contributed by atoms with E-state index in [2.05, 4.69) is 16.0 Å². The summed E-state index contributed by atoms with van der Waals surface area (Å²) in [6.07, 6.45) is 1.86. The van der Waals surface area contributed by atoms with Crippen molar-refractivity contribution < 1.29 is 33.8 Å². The SMILES string of the molecule is COc1cc(CN2C(=O)N(C(CC3CC3)C(=O)NC(C)CC(=O)O)C(=O)C2(C)C)ccc1NC(=O)Nc1ccccc1C. The van der Waals surface area contributed by atoms with Crippen LogP contribution in [0.2, 0.25) is 0 Å². The number of anilines is 2. The van der Waals surface area contributed by atoms with Crippen LogP contribution in [0, 0.1) is 12.8 Å². The van der Waals surface area contributed by atoms with Gasteiger partial charge in [0.15, 0.2) is 0 Å². The van der Waals surface area contributed by atoms with Crippen LogP contribution in [0.3, 0.4) is 0 Å². The van der Waals surface area contributed by atoms with Crippen molar-refractivity contribution in [3.8, 4) is 5.75 Å². The van der Waals surface area contributed by atoms with Crippen molar-refractivity contribution in [3.63, 3.8) is 0 Å². The second kappa shape index (κ2) is 12.7. The Bertz CT molecular complexity index is 1420. The summed E-state index contributed by atoms with van der Waals surface area (Å²) < 4.78 is 5.51. The van der Waals surface area contributed by atoms with Gasteiger partial charge >= 0.3 is 18.0 Å². The molecular weight excluding hydrogens is 554 g/mol. The zero-order valence-corrected chi connectivity index (χ0v) is 25.1. The van der Waals surface area contributed by atoms with Gasteiger partial charge in [-0.15, -0.1) is 0 Å². The highest BCUT2D eigenvalue weighted by molar-refractivity contribution is 6.09. The van der Waals surface area contributed by atoms with Crippen molar-refractivity contribution in [2.75, 3.05) is 17.7 Å². The number of hydrogen-bond acceptors (Lipinski definition) is 6. The number of hydrogen-bond donors (Lipinski definition) is 4. The van der Waals surface area contributed by atoms with Crippen molar-refractivity contribution in [1.82, 2.24) is 15.1 Å². The molecule has 0 bridgehead atoms. The summed E-state index contributed by atoms with van der Waals surface area (Å²) in [5.74, 6) is -1.52. The van der Waals surface area contributed by atoms with Crippen LogP contribution >= 0.6 is 0 Å². The third-order valence-corrected chi connectivity index (χ3v) is 7.84. The number of carbonyl (C=O) groups excluding carboxylic acids is 4. The quantitative estimate of drug-likeness (QED) is 0.267. The van der Waals surface area contributed by atoms with Crippen LogP contribution < -0.4 is 20.7 Å². The molecule has 0 spiro atoms. The Hall–Kier alpha value is -4.61. The minimum Gasteiger partial charge on any atom is -0.495 e. The van der Waals surface area contributed by atoms with Crippen LogP contribution in [-0.4, -0.2) is 69.5 Å². The van der Waals surface area contributed by atoms with E-state index in [1.807, 2.05) is 25.1 Å². The van der Waals surface area contributed by atoms with Gasteiger partial charge in [-0.1, -0.05) is 37.1 Å². The van der Waals surface area contributed by atoms with E-state index in [9.17, 15) is 24.0 Å². The zero-order valence-electron chi connectivity index (χ0n) is 25.1. The Balaban J connectivity index is 1.51. The topological polar surface area (TPSA) is 157 Å². The number of rotatable bonds is 12. The van der Waals surface area contributed by atoms with Gasteiger partial charge in [-0.05, 0) is 69.4 Å². The number of nitrogens with one attached hydrogen (secondary N) is 3. The maximum atomic E-state index is 13.8. The average Bonchev–Trinajstić information content (AvgIpc) is 3.74. The summed E-state index contributed by atoms with van der Waals surface area (Å²) in [7, 11) is 1.46. The molecule has 230 valence electrons. The smallest absolute Gasteiger partial charge is 0.328 e. The minimum atomic E-state index is -1.25. The third-order valence-electron chi connectivity index (χ3n) is 7.84. The molecule has 43 heavy (non-hydrogen) atoms. The number of imide groups is 1. The Labute approximate surface area is 250 Å². The molecule has 4 rings (SSSR count). The molecule has 12 heteroatoms. The Morgan fingerprint density at radius 3 is 2.37 bits per heavy atom. The molecule has 1 saturated carbocycles. The highest BCUT2D eigenvalue weighted by Gasteiger charge is 2.55. The summed E-state index contributed by atoms with van der Waals surface area (Å²) in [5.41, 5.74) is 1.40. The number of carbonyl (C=O) groups is 5. The van der Waals surface area contributed by atoms with Crippen LogP contribution in [-0.2, 0) is 20.9 Å². The Kier molecular flexibility index (Phi) is 9.27. The summed E-state index contributed by atoms with van der Waals surface area (Å²) in [6.45, 7) is 6.78. The van der Waals surface area contributed by atoms with Crippen molar-refractivity contribution in [3.05, 3.63) is 53.6 Å².